The van der Waals surface area contributed by atoms with E-state index in [4.69, 9.17) is 16.3 Å². The first-order valence-corrected chi connectivity index (χ1v) is 10.4. The fourth-order valence-electron chi connectivity index (χ4n) is 2.77. The number of hydrogen-bond acceptors (Lipinski definition) is 7. The molecule has 2 aromatic heterocycles. The maximum atomic E-state index is 12.3. The second-order valence-electron chi connectivity index (χ2n) is 6.32. The molecule has 0 unspecified atom stereocenters. The van der Waals surface area contributed by atoms with E-state index in [0.717, 1.165) is 17.8 Å². The largest absolute Gasteiger partial charge is 0.461 e. The van der Waals surface area contributed by atoms with Crippen LogP contribution in [0.1, 0.15) is 34.7 Å². The molecule has 3 rings (SSSR count). The maximum absolute atomic E-state index is 12.3. The third-order valence-electron chi connectivity index (χ3n) is 4.38. The zero-order valence-electron chi connectivity index (χ0n) is 16.4. The van der Waals surface area contributed by atoms with Crippen molar-refractivity contribution in [3.63, 3.8) is 0 Å². The van der Waals surface area contributed by atoms with Crippen LogP contribution in [0.5, 0.6) is 0 Å². The highest BCUT2D eigenvalue weighted by molar-refractivity contribution is 7.22. The summed E-state index contributed by atoms with van der Waals surface area (Å²) in [5.41, 5.74) is 1.26. The smallest absolute Gasteiger partial charge is 0.338 e. The van der Waals surface area contributed by atoms with Crippen molar-refractivity contribution in [2.24, 2.45) is 7.05 Å². The van der Waals surface area contributed by atoms with E-state index in [2.05, 4.69) is 34.1 Å². The van der Waals surface area contributed by atoms with Crippen molar-refractivity contribution in [3.05, 3.63) is 40.7 Å². The Kier molecular flexibility index (Phi) is 6.83. The lowest BCUT2D eigenvalue weighted by atomic mass is 10.2. The molecule has 29 heavy (non-hydrogen) atoms. The number of hydrogen-bond donors (Lipinski definition) is 1. The Morgan fingerprint density at radius 1 is 1.31 bits per heavy atom. The number of thiazole rings is 1. The highest BCUT2D eigenvalue weighted by atomic mass is 35.5. The molecule has 1 N–H and O–H groups in total. The molecule has 154 valence electrons. The van der Waals surface area contributed by atoms with Gasteiger partial charge in [0.15, 0.2) is 10.8 Å². The number of nitrogens with one attached hydrogen (secondary N) is 1. The second kappa shape index (κ2) is 9.34. The van der Waals surface area contributed by atoms with Crippen LogP contribution in [0, 0.1) is 0 Å². The van der Waals surface area contributed by atoms with Crippen molar-refractivity contribution in [2.75, 3.05) is 31.6 Å². The van der Waals surface area contributed by atoms with Crippen molar-refractivity contribution in [3.8, 4) is 0 Å². The summed E-state index contributed by atoms with van der Waals surface area (Å²) >= 11 is 7.27. The number of amides is 1. The minimum absolute atomic E-state index is 0.130. The number of carbonyl (C=O) groups excluding carboxylic acids is 2. The van der Waals surface area contributed by atoms with Crippen LogP contribution in [0.4, 0.5) is 5.13 Å². The molecule has 0 atom stereocenters. The van der Waals surface area contributed by atoms with Crippen molar-refractivity contribution in [1.82, 2.24) is 19.7 Å². The Bertz CT molecular complexity index is 1030. The first-order chi connectivity index (χ1) is 13.9. The van der Waals surface area contributed by atoms with Crippen molar-refractivity contribution < 1.29 is 14.3 Å². The van der Waals surface area contributed by atoms with Gasteiger partial charge in [-0.05, 0) is 31.3 Å². The standard InChI is InChI=1S/C19H22ClN5O3S/c1-4-25(5-2)8-9-28-18(27)12-6-7-14-15(10-12)29-19(21-14)22-17(26)16-13(20)11-24(3)23-16/h6-7,10-11H,4-5,8-9H2,1-3H3,(H,21,22,26). The van der Waals surface area contributed by atoms with Crippen LogP contribution in [0.25, 0.3) is 10.2 Å². The van der Waals surface area contributed by atoms with E-state index < -0.39 is 5.91 Å². The Balaban J connectivity index is 1.67. The van der Waals surface area contributed by atoms with Crippen molar-refractivity contribution in [1.29, 1.82) is 0 Å². The highest BCUT2D eigenvalue weighted by Gasteiger charge is 2.17. The molecule has 8 nitrogen and oxygen atoms in total. The molecule has 0 radical (unpaired) electrons. The Morgan fingerprint density at radius 3 is 2.72 bits per heavy atom. The Labute approximate surface area is 177 Å². The average Bonchev–Trinajstić information content (AvgIpc) is 3.25. The summed E-state index contributed by atoms with van der Waals surface area (Å²) in [7, 11) is 1.68. The highest BCUT2D eigenvalue weighted by Crippen LogP contribution is 2.28. The number of rotatable bonds is 8. The lowest BCUT2D eigenvalue weighted by Crippen LogP contribution is -2.27. The van der Waals surface area contributed by atoms with Gasteiger partial charge < -0.3 is 9.64 Å². The minimum Gasteiger partial charge on any atom is -0.461 e. The lowest BCUT2D eigenvalue weighted by molar-refractivity contribution is 0.0466. The van der Waals surface area contributed by atoms with Gasteiger partial charge in [0.2, 0.25) is 0 Å². The summed E-state index contributed by atoms with van der Waals surface area (Å²) in [6.45, 7) is 7.02. The monoisotopic (exact) mass is 435 g/mol. The molecular formula is C19H22ClN5O3S. The van der Waals surface area contributed by atoms with E-state index in [1.54, 1.807) is 31.4 Å². The molecule has 0 aliphatic rings. The molecule has 1 aromatic carbocycles. The van der Waals surface area contributed by atoms with E-state index in [9.17, 15) is 9.59 Å². The Hall–Kier alpha value is -2.49. The minimum atomic E-state index is -0.439. The number of likely N-dealkylation sites (N-methyl/N-ethyl adjacent to an activating group) is 1. The van der Waals surface area contributed by atoms with E-state index in [1.807, 2.05) is 0 Å². The number of benzene rings is 1. The van der Waals surface area contributed by atoms with Gasteiger partial charge in [-0.1, -0.05) is 36.8 Å². The first-order valence-electron chi connectivity index (χ1n) is 9.21. The van der Waals surface area contributed by atoms with Crippen molar-refractivity contribution >= 4 is 50.2 Å². The normalized spacial score (nSPS) is 11.2. The summed E-state index contributed by atoms with van der Waals surface area (Å²) in [5, 5.41) is 7.40. The van der Waals surface area contributed by atoms with Gasteiger partial charge >= 0.3 is 5.97 Å². The third kappa shape index (κ3) is 5.11. The number of nitrogens with zero attached hydrogens (tertiary/aromatic N) is 4. The molecule has 0 aliphatic carbocycles. The molecule has 10 heteroatoms. The molecule has 0 bridgehead atoms. The van der Waals surface area contributed by atoms with Gasteiger partial charge in [-0.3, -0.25) is 14.8 Å². The molecule has 0 fully saturated rings. The fraction of sp³-hybridized carbons (Fsp3) is 0.368. The number of fused-ring (bicyclic) bond motifs is 1. The topological polar surface area (TPSA) is 89.3 Å². The van der Waals surface area contributed by atoms with Crippen LogP contribution < -0.4 is 5.32 Å². The molecule has 0 aliphatic heterocycles. The first kappa shape index (κ1) is 21.2. The molecule has 0 spiro atoms. The number of carbonyl (C=O) groups is 2. The molecule has 0 saturated heterocycles. The van der Waals surface area contributed by atoms with Crippen LogP contribution in [0.2, 0.25) is 5.02 Å². The number of aryl methyl sites for hydroxylation is 1. The van der Waals surface area contributed by atoms with Gasteiger partial charge in [-0.25, -0.2) is 9.78 Å². The maximum Gasteiger partial charge on any atom is 0.338 e. The van der Waals surface area contributed by atoms with Crippen LogP contribution >= 0.6 is 22.9 Å². The number of aromatic nitrogens is 3. The number of ether oxygens (including phenoxy) is 1. The number of halogens is 1. The second-order valence-corrected chi connectivity index (χ2v) is 7.76. The summed E-state index contributed by atoms with van der Waals surface area (Å²) in [4.78, 5) is 31.2. The molecule has 0 saturated carbocycles. The third-order valence-corrected chi connectivity index (χ3v) is 5.59. The predicted molar refractivity (Wildman–Crippen MR) is 114 cm³/mol. The molecular weight excluding hydrogens is 414 g/mol. The van der Waals surface area contributed by atoms with Gasteiger partial charge in [0, 0.05) is 19.8 Å². The SMILES string of the molecule is CCN(CC)CCOC(=O)c1ccc2nc(NC(=O)c3nn(C)cc3Cl)sc2c1. The Morgan fingerprint density at radius 2 is 2.07 bits per heavy atom. The molecule has 3 aromatic rings. The van der Waals surface area contributed by atoms with Gasteiger partial charge in [0.05, 0.1) is 20.8 Å². The van der Waals surface area contributed by atoms with Crippen LogP contribution in [-0.4, -0.2) is 57.8 Å². The number of esters is 1. The fourth-order valence-corrected chi connectivity index (χ4v) is 3.93. The quantitative estimate of drug-likeness (QED) is 0.545. The summed E-state index contributed by atoms with van der Waals surface area (Å²) in [6.07, 6.45) is 1.55. The van der Waals surface area contributed by atoms with E-state index in [0.29, 0.717) is 29.4 Å². The van der Waals surface area contributed by atoms with E-state index >= 15 is 0 Å². The number of anilines is 1. The van der Waals surface area contributed by atoms with E-state index in [1.165, 1.54) is 16.0 Å². The predicted octanol–water partition coefficient (Wildman–Crippen LogP) is 3.43. The van der Waals surface area contributed by atoms with Gasteiger partial charge in [-0.15, -0.1) is 0 Å². The zero-order chi connectivity index (χ0) is 21.0. The average molecular weight is 436 g/mol. The zero-order valence-corrected chi connectivity index (χ0v) is 18.0. The van der Waals surface area contributed by atoms with E-state index in [-0.39, 0.29) is 16.7 Å². The van der Waals surface area contributed by atoms with Crippen LogP contribution in [0.3, 0.4) is 0 Å². The van der Waals surface area contributed by atoms with Crippen molar-refractivity contribution in [2.45, 2.75) is 13.8 Å². The van der Waals surface area contributed by atoms with Gasteiger partial charge in [0.1, 0.15) is 6.61 Å². The molecule has 1 amide bonds. The summed E-state index contributed by atoms with van der Waals surface area (Å²) in [6, 6.07) is 5.12. The summed E-state index contributed by atoms with van der Waals surface area (Å²) < 4.78 is 7.60. The van der Waals surface area contributed by atoms with Gasteiger partial charge in [0.25, 0.3) is 5.91 Å². The van der Waals surface area contributed by atoms with Crippen LogP contribution in [-0.2, 0) is 11.8 Å². The van der Waals surface area contributed by atoms with Gasteiger partial charge in [-0.2, -0.15) is 5.10 Å². The van der Waals surface area contributed by atoms with Crippen LogP contribution in [0.15, 0.2) is 24.4 Å². The lowest BCUT2D eigenvalue weighted by Gasteiger charge is -2.17. The summed E-state index contributed by atoms with van der Waals surface area (Å²) in [5.74, 6) is -0.816. The molecule has 2 heterocycles.